The summed E-state index contributed by atoms with van der Waals surface area (Å²) >= 11 is 0. The van der Waals surface area contributed by atoms with Crippen LogP contribution >= 0.6 is 0 Å². The third-order valence-electron chi connectivity index (χ3n) is 4.17. The molecule has 8 heteroatoms. The average Bonchev–Trinajstić information content (AvgIpc) is 2.90. The molecule has 2 heterocycles. The number of rotatable bonds is 2. The van der Waals surface area contributed by atoms with Crippen molar-refractivity contribution in [2.24, 2.45) is 0 Å². The highest BCUT2D eigenvalue weighted by molar-refractivity contribution is 7.89. The van der Waals surface area contributed by atoms with E-state index in [2.05, 4.69) is 5.32 Å². The van der Waals surface area contributed by atoms with Gasteiger partial charge in [0.05, 0.1) is 4.90 Å². The molecule has 0 bridgehead atoms. The van der Waals surface area contributed by atoms with Crippen molar-refractivity contribution in [2.45, 2.75) is 23.8 Å². The molecule has 3 rings (SSSR count). The van der Waals surface area contributed by atoms with Crippen LogP contribution in [0, 0.1) is 12.7 Å². The number of nitrogens with zero attached hydrogens (tertiary/aromatic N) is 1. The number of halogens is 1. The fourth-order valence-corrected chi connectivity index (χ4v) is 4.60. The Bertz CT molecular complexity index is 710. The van der Waals surface area contributed by atoms with Crippen LogP contribution in [0.25, 0.3) is 0 Å². The van der Waals surface area contributed by atoms with Crippen LogP contribution in [0.3, 0.4) is 0 Å². The summed E-state index contributed by atoms with van der Waals surface area (Å²) in [4.78, 5) is 11.2. The summed E-state index contributed by atoms with van der Waals surface area (Å²) < 4.78 is 45.7. The first-order valence-corrected chi connectivity index (χ1v) is 8.43. The molecule has 1 atom stereocenters. The first-order valence-electron chi connectivity index (χ1n) is 6.99. The summed E-state index contributed by atoms with van der Waals surface area (Å²) in [6, 6.07) is 3.73. The van der Waals surface area contributed by atoms with E-state index in [1.165, 1.54) is 16.4 Å². The summed E-state index contributed by atoms with van der Waals surface area (Å²) in [5, 5.41) is 2.70. The fraction of sp³-hybridized carbons (Fsp3) is 0.500. The molecule has 6 nitrogen and oxygen atoms in total. The highest BCUT2D eigenvalue weighted by Crippen LogP contribution is 2.32. The lowest BCUT2D eigenvalue weighted by Crippen LogP contribution is -2.54. The second kappa shape index (κ2) is 5.29. The van der Waals surface area contributed by atoms with E-state index in [1.54, 1.807) is 6.92 Å². The van der Waals surface area contributed by atoms with Gasteiger partial charge >= 0.3 is 0 Å². The Morgan fingerprint density at radius 1 is 1.41 bits per heavy atom. The van der Waals surface area contributed by atoms with Gasteiger partial charge in [-0.2, -0.15) is 4.31 Å². The Labute approximate surface area is 128 Å². The molecule has 2 aliphatic heterocycles. The zero-order valence-electron chi connectivity index (χ0n) is 12.1. The van der Waals surface area contributed by atoms with Gasteiger partial charge in [-0.25, -0.2) is 12.8 Å². The molecule has 0 aromatic heterocycles. The van der Waals surface area contributed by atoms with Crippen molar-refractivity contribution in [3.63, 3.8) is 0 Å². The van der Waals surface area contributed by atoms with Gasteiger partial charge < -0.3 is 10.1 Å². The van der Waals surface area contributed by atoms with Gasteiger partial charge in [-0.3, -0.25) is 4.79 Å². The Kier molecular flexibility index (Phi) is 3.70. The highest BCUT2D eigenvalue weighted by Gasteiger charge is 2.46. The molecule has 0 radical (unpaired) electrons. The van der Waals surface area contributed by atoms with E-state index in [1.807, 2.05) is 0 Å². The molecule has 1 aromatic carbocycles. The normalized spacial score (nSPS) is 26.4. The zero-order valence-corrected chi connectivity index (χ0v) is 13.0. The zero-order chi connectivity index (χ0) is 16.0. The lowest BCUT2D eigenvalue weighted by atomic mass is 10.0. The van der Waals surface area contributed by atoms with Crippen molar-refractivity contribution >= 4 is 15.9 Å². The monoisotopic (exact) mass is 328 g/mol. The lowest BCUT2D eigenvalue weighted by Gasteiger charge is -2.33. The molecule has 0 aliphatic carbocycles. The van der Waals surface area contributed by atoms with Crippen molar-refractivity contribution in [1.82, 2.24) is 9.62 Å². The SMILES string of the molecule is Cc1ccc(F)cc1S(=O)(=O)N1CCC2(CNC(=O)CO2)C1. The lowest BCUT2D eigenvalue weighted by molar-refractivity contribution is -0.141. The molecule has 1 spiro atoms. The molecule has 1 N–H and O–H groups in total. The molecule has 2 saturated heterocycles. The molecule has 1 aromatic rings. The smallest absolute Gasteiger partial charge is 0.246 e. The van der Waals surface area contributed by atoms with Crippen molar-refractivity contribution in [3.05, 3.63) is 29.6 Å². The van der Waals surface area contributed by atoms with Crippen LogP contribution in [-0.4, -0.2) is 50.5 Å². The Morgan fingerprint density at radius 2 is 2.18 bits per heavy atom. The van der Waals surface area contributed by atoms with Crippen LogP contribution in [0.15, 0.2) is 23.1 Å². The minimum absolute atomic E-state index is 0.0237. The molecular weight excluding hydrogens is 311 g/mol. The van der Waals surface area contributed by atoms with Gasteiger partial charge in [-0.05, 0) is 31.0 Å². The number of morpholine rings is 1. The van der Waals surface area contributed by atoms with Crippen LogP contribution < -0.4 is 5.32 Å². The van der Waals surface area contributed by atoms with Gasteiger partial charge in [-0.1, -0.05) is 6.07 Å². The maximum absolute atomic E-state index is 13.4. The summed E-state index contributed by atoms with van der Waals surface area (Å²) in [6.07, 6.45) is 0.501. The molecule has 2 fully saturated rings. The number of aryl methyl sites for hydroxylation is 1. The van der Waals surface area contributed by atoms with Gasteiger partial charge in [0.2, 0.25) is 15.9 Å². The third-order valence-corrected chi connectivity index (χ3v) is 6.15. The Balaban J connectivity index is 1.85. The van der Waals surface area contributed by atoms with Crippen LogP contribution in [0.4, 0.5) is 4.39 Å². The molecule has 2 aliphatic rings. The summed E-state index contributed by atoms with van der Waals surface area (Å²) in [5.74, 6) is -0.785. The minimum Gasteiger partial charge on any atom is -0.362 e. The fourth-order valence-electron chi connectivity index (χ4n) is 2.85. The summed E-state index contributed by atoms with van der Waals surface area (Å²) in [6.45, 7) is 2.31. The van der Waals surface area contributed by atoms with Gasteiger partial charge in [0.1, 0.15) is 18.0 Å². The second-order valence-corrected chi connectivity index (χ2v) is 7.65. The third kappa shape index (κ3) is 2.62. The number of ether oxygens (including phenoxy) is 1. The number of sulfonamides is 1. The molecule has 22 heavy (non-hydrogen) atoms. The van der Waals surface area contributed by atoms with E-state index < -0.39 is 21.4 Å². The minimum atomic E-state index is -3.78. The predicted molar refractivity (Wildman–Crippen MR) is 76.2 cm³/mol. The number of hydrogen-bond acceptors (Lipinski definition) is 4. The van der Waals surface area contributed by atoms with Crippen molar-refractivity contribution in [3.8, 4) is 0 Å². The van der Waals surface area contributed by atoms with E-state index in [0.29, 0.717) is 18.5 Å². The Hall–Kier alpha value is -1.51. The Morgan fingerprint density at radius 3 is 2.86 bits per heavy atom. The van der Waals surface area contributed by atoms with Crippen molar-refractivity contribution in [2.75, 3.05) is 26.2 Å². The standard InChI is InChI=1S/C14H17FN2O4S/c1-10-2-3-11(15)6-12(10)22(19,20)17-5-4-14(9-17)8-16-13(18)7-21-14/h2-3,6H,4-5,7-9H2,1H3,(H,16,18). The van der Waals surface area contributed by atoms with Crippen molar-refractivity contribution in [1.29, 1.82) is 0 Å². The largest absolute Gasteiger partial charge is 0.362 e. The maximum atomic E-state index is 13.4. The van der Waals surface area contributed by atoms with Crippen LogP contribution in [0.2, 0.25) is 0 Å². The van der Waals surface area contributed by atoms with E-state index in [4.69, 9.17) is 4.74 Å². The van der Waals surface area contributed by atoms with Crippen molar-refractivity contribution < 1.29 is 22.3 Å². The predicted octanol–water partition coefficient (Wildman–Crippen LogP) is 0.414. The van der Waals surface area contributed by atoms with Crippen LogP contribution in [0.5, 0.6) is 0 Å². The molecule has 120 valence electrons. The van der Waals surface area contributed by atoms with Gasteiger partial charge in [0.25, 0.3) is 0 Å². The van der Waals surface area contributed by atoms with Crippen LogP contribution in [0.1, 0.15) is 12.0 Å². The second-order valence-electron chi connectivity index (χ2n) is 5.75. The van der Waals surface area contributed by atoms with E-state index in [9.17, 15) is 17.6 Å². The van der Waals surface area contributed by atoms with Gasteiger partial charge in [0.15, 0.2) is 0 Å². The first kappa shape index (κ1) is 15.4. The molecule has 0 saturated carbocycles. The number of carbonyl (C=O) groups is 1. The average molecular weight is 328 g/mol. The van der Waals surface area contributed by atoms with E-state index in [0.717, 1.165) is 6.07 Å². The van der Waals surface area contributed by atoms with Gasteiger partial charge in [-0.15, -0.1) is 0 Å². The van der Waals surface area contributed by atoms with E-state index in [-0.39, 0.29) is 30.5 Å². The first-order chi connectivity index (χ1) is 10.3. The van der Waals surface area contributed by atoms with E-state index >= 15 is 0 Å². The molecule has 1 amide bonds. The van der Waals surface area contributed by atoms with Gasteiger partial charge in [0, 0.05) is 19.6 Å². The molecular formula is C14H17FN2O4S. The number of hydrogen-bond donors (Lipinski definition) is 1. The number of amides is 1. The number of benzene rings is 1. The highest BCUT2D eigenvalue weighted by atomic mass is 32.2. The molecule has 1 unspecified atom stereocenters. The number of carbonyl (C=O) groups excluding carboxylic acids is 1. The topological polar surface area (TPSA) is 75.7 Å². The maximum Gasteiger partial charge on any atom is 0.246 e. The quantitative estimate of drug-likeness (QED) is 0.853. The summed E-state index contributed by atoms with van der Waals surface area (Å²) in [5.41, 5.74) is -0.178. The number of nitrogens with one attached hydrogen (secondary N) is 1. The summed E-state index contributed by atoms with van der Waals surface area (Å²) in [7, 11) is -3.78. The van der Waals surface area contributed by atoms with Crippen LogP contribution in [-0.2, 0) is 19.6 Å².